The third kappa shape index (κ3) is 3.23. The van der Waals surface area contributed by atoms with Crippen LogP contribution in [0.3, 0.4) is 0 Å². The molecular formula is C20H23ClN4O4. The number of carbonyl (C=O) groups is 3. The third-order valence-corrected chi connectivity index (χ3v) is 6.82. The van der Waals surface area contributed by atoms with Gasteiger partial charge in [-0.05, 0) is 25.0 Å². The third-order valence-electron chi connectivity index (χ3n) is 6.59. The molecule has 3 aliphatic heterocycles. The van der Waals surface area contributed by atoms with Crippen molar-refractivity contribution in [3.8, 4) is 0 Å². The average Bonchev–Trinajstić information content (AvgIpc) is 3.55. The highest BCUT2D eigenvalue weighted by Crippen LogP contribution is 2.41. The van der Waals surface area contributed by atoms with Crippen LogP contribution in [0.15, 0.2) is 18.3 Å². The zero-order chi connectivity index (χ0) is 20.2. The Balaban J connectivity index is 1.31. The summed E-state index contributed by atoms with van der Waals surface area (Å²) in [5.41, 5.74) is -0.295. The molecule has 1 unspecified atom stereocenters. The van der Waals surface area contributed by atoms with Crippen molar-refractivity contribution in [2.24, 2.45) is 5.92 Å². The van der Waals surface area contributed by atoms with E-state index < -0.39 is 5.60 Å². The summed E-state index contributed by atoms with van der Waals surface area (Å²) >= 11 is 5.87. The smallest absolute Gasteiger partial charge is 0.410 e. The Morgan fingerprint density at radius 2 is 1.86 bits per heavy atom. The molecule has 5 rings (SSSR count). The molecule has 4 heterocycles. The maximum atomic E-state index is 12.9. The Morgan fingerprint density at radius 1 is 1.10 bits per heavy atom. The standard InChI is InChI=1S/C20H23ClN4O4/c21-14-3-4-15(22-11-14)18(27)24-9-10-25-16(12-24)20(29-19(25)28)5-7-23(8-6-20)17(26)13-1-2-13/h3-4,11,13,16H,1-2,5-10,12H2. The van der Waals surface area contributed by atoms with E-state index in [2.05, 4.69) is 4.98 Å². The molecule has 1 aromatic heterocycles. The van der Waals surface area contributed by atoms with E-state index in [0.717, 1.165) is 12.8 Å². The van der Waals surface area contributed by atoms with E-state index in [1.54, 1.807) is 21.9 Å². The normalized spacial score (nSPS) is 25.8. The number of ether oxygens (including phenoxy) is 1. The number of likely N-dealkylation sites (tertiary alicyclic amines) is 1. The highest BCUT2D eigenvalue weighted by Gasteiger charge is 2.57. The summed E-state index contributed by atoms with van der Waals surface area (Å²) in [5.74, 6) is 0.258. The van der Waals surface area contributed by atoms with Crippen molar-refractivity contribution < 1.29 is 19.1 Å². The number of piperidine rings is 1. The quantitative estimate of drug-likeness (QED) is 0.731. The summed E-state index contributed by atoms with van der Waals surface area (Å²) in [5, 5.41) is 0.479. The van der Waals surface area contributed by atoms with Gasteiger partial charge in [0.05, 0.1) is 11.1 Å². The molecule has 29 heavy (non-hydrogen) atoms. The molecule has 1 saturated carbocycles. The molecular weight excluding hydrogens is 396 g/mol. The van der Waals surface area contributed by atoms with Crippen molar-refractivity contribution in [3.05, 3.63) is 29.0 Å². The summed E-state index contributed by atoms with van der Waals surface area (Å²) in [7, 11) is 0. The van der Waals surface area contributed by atoms with Gasteiger partial charge in [0.1, 0.15) is 11.3 Å². The van der Waals surface area contributed by atoms with Crippen LogP contribution < -0.4 is 0 Å². The molecule has 0 radical (unpaired) electrons. The average molecular weight is 419 g/mol. The summed E-state index contributed by atoms with van der Waals surface area (Å²) in [4.78, 5) is 47.3. The molecule has 1 spiro atoms. The van der Waals surface area contributed by atoms with E-state index in [0.29, 0.717) is 56.3 Å². The number of nitrogens with zero attached hydrogens (tertiary/aromatic N) is 4. The number of carbonyl (C=O) groups excluding carboxylic acids is 3. The van der Waals surface area contributed by atoms with E-state index in [9.17, 15) is 14.4 Å². The molecule has 4 aliphatic rings. The molecule has 154 valence electrons. The van der Waals surface area contributed by atoms with Crippen molar-refractivity contribution in [2.45, 2.75) is 37.3 Å². The second kappa shape index (κ2) is 6.86. The fourth-order valence-electron chi connectivity index (χ4n) is 4.73. The number of hydrogen-bond donors (Lipinski definition) is 0. The van der Waals surface area contributed by atoms with E-state index in [-0.39, 0.29) is 29.9 Å². The lowest BCUT2D eigenvalue weighted by atomic mass is 9.83. The number of aromatic nitrogens is 1. The maximum Gasteiger partial charge on any atom is 0.410 e. The van der Waals surface area contributed by atoms with E-state index in [1.807, 2.05) is 4.90 Å². The molecule has 0 N–H and O–H groups in total. The SMILES string of the molecule is O=C(c1ccc(Cl)cn1)N1CCN2C(=O)OC3(CCN(C(=O)C4CC4)CC3)C2C1. The van der Waals surface area contributed by atoms with Crippen molar-refractivity contribution in [2.75, 3.05) is 32.7 Å². The zero-order valence-corrected chi connectivity index (χ0v) is 16.8. The van der Waals surface area contributed by atoms with Gasteiger partial charge in [-0.2, -0.15) is 0 Å². The first-order chi connectivity index (χ1) is 14.0. The fraction of sp³-hybridized carbons (Fsp3) is 0.600. The number of hydrogen-bond acceptors (Lipinski definition) is 5. The van der Waals surface area contributed by atoms with Crippen molar-refractivity contribution in [1.82, 2.24) is 19.7 Å². The summed E-state index contributed by atoms with van der Waals surface area (Å²) in [6.07, 6.45) is 4.35. The first-order valence-corrected chi connectivity index (χ1v) is 10.5. The molecule has 1 aromatic rings. The van der Waals surface area contributed by atoms with Crippen molar-refractivity contribution >= 4 is 29.5 Å². The van der Waals surface area contributed by atoms with Crippen LogP contribution in [0.1, 0.15) is 36.2 Å². The van der Waals surface area contributed by atoms with Gasteiger partial charge in [0.15, 0.2) is 0 Å². The van der Waals surface area contributed by atoms with Crippen LogP contribution in [0, 0.1) is 5.92 Å². The minimum absolute atomic E-state index is 0.169. The minimum atomic E-state index is -0.635. The molecule has 8 nitrogen and oxygen atoms in total. The van der Waals surface area contributed by atoms with Gasteiger partial charge in [-0.1, -0.05) is 11.6 Å². The molecule has 0 aromatic carbocycles. The van der Waals surface area contributed by atoms with Gasteiger partial charge in [0.2, 0.25) is 5.91 Å². The number of amides is 3. The van der Waals surface area contributed by atoms with Crippen LogP contribution in [-0.4, -0.2) is 82.0 Å². The highest BCUT2D eigenvalue weighted by atomic mass is 35.5. The Hall–Kier alpha value is -2.35. The second-order valence-corrected chi connectivity index (χ2v) is 8.79. The first kappa shape index (κ1) is 18.7. The van der Waals surface area contributed by atoms with Crippen LogP contribution >= 0.6 is 11.6 Å². The molecule has 0 bridgehead atoms. The fourth-order valence-corrected chi connectivity index (χ4v) is 4.84. The Kier molecular flexibility index (Phi) is 4.42. The van der Waals surface area contributed by atoms with Crippen molar-refractivity contribution in [3.63, 3.8) is 0 Å². The molecule has 9 heteroatoms. The van der Waals surface area contributed by atoms with E-state index in [4.69, 9.17) is 16.3 Å². The van der Waals surface area contributed by atoms with Crippen LogP contribution in [0.5, 0.6) is 0 Å². The van der Waals surface area contributed by atoms with Crippen LogP contribution in [0.4, 0.5) is 4.79 Å². The summed E-state index contributed by atoms with van der Waals surface area (Å²) in [6, 6.07) is 3.07. The van der Waals surface area contributed by atoms with E-state index in [1.165, 1.54) is 6.20 Å². The Morgan fingerprint density at radius 3 is 2.52 bits per heavy atom. The lowest BCUT2D eigenvalue weighted by Gasteiger charge is -2.45. The second-order valence-electron chi connectivity index (χ2n) is 8.35. The summed E-state index contributed by atoms with van der Waals surface area (Å²) in [6.45, 7) is 2.48. The monoisotopic (exact) mass is 418 g/mol. The topological polar surface area (TPSA) is 83.1 Å². The Labute approximate surface area is 173 Å². The lowest BCUT2D eigenvalue weighted by Crippen LogP contribution is -2.61. The number of fused-ring (bicyclic) bond motifs is 2. The number of halogens is 1. The van der Waals surface area contributed by atoms with Crippen LogP contribution in [-0.2, 0) is 9.53 Å². The molecule has 4 fully saturated rings. The van der Waals surface area contributed by atoms with Crippen molar-refractivity contribution in [1.29, 1.82) is 0 Å². The van der Waals surface area contributed by atoms with Gasteiger partial charge in [-0.3, -0.25) is 14.5 Å². The van der Waals surface area contributed by atoms with Gasteiger partial charge < -0.3 is 14.5 Å². The predicted molar refractivity (Wildman–Crippen MR) is 103 cm³/mol. The zero-order valence-electron chi connectivity index (χ0n) is 16.1. The number of piperazine rings is 1. The van der Waals surface area contributed by atoms with Gasteiger partial charge in [-0.25, -0.2) is 9.78 Å². The van der Waals surface area contributed by atoms with Crippen LogP contribution in [0.2, 0.25) is 5.02 Å². The summed E-state index contributed by atoms with van der Waals surface area (Å²) < 4.78 is 5.87. The number of rotatable bonds is 2. The van der Waals surface area contributed by atoms with Gasteiger partial charge in [-0.15, -0.1) is 0 Å². The van der Waals surface area contributed by atoms with Crippen LogP contribution in [0.25, 0.3) is 0 Å². The number of pyridine rings is 1. The molecule has 3 saturated heterocycles. The van der Waals surface area contributed by atoms with Gasteiger partial charge >= 0.3 is 6.09 Å². The lowest BCUT2D eigenvalue weighted by molar-refractivity contribution is -0.136. The maximum absolute atomic E-state index is 12.9. The molecule has 1 aliphatic carbocycles. The van der Waals surface area contributed by atoms with Gasteiger partial charge in [0, 0.05) is 57.7 Å². The highest BCUT2D eigenvalue weighted by molar-refractivity contribution is 6.30. The Bertz CT molecular complexity index is 849. The predicted octanol–water partition coefficient (Wildman–Crippen LogP) is 1.78. The van der Waals surface area contributed by atoms with Gasteiger partial charge in [0.25, 0.3) is 5.91 Å². The molecule has 3 amide bonds. The molecule has 1 atom stereocenters. The minimum Gasteiger partial charge on any atom is -0.440 e. The van der Waals surface area contributed by atoms with E-state index >= 15 is 0 Å². The first-order valence-electron chi connectivity index (χ1n) is 10.2. The largest absolute Gasteiger partial charge is 0.440 e.